The van der Waals surface area contributed by atoms with E-state index < -0.39 is 5.54 Å². The molecule has 0 aromatic heterocycles. The Morgan fingerprint density at radius 3 is 2.80 bits per heavy atom. The number of nitrogens with zero attached hydrogens (tertiary/aromatic N) is 2. The van der Waals surface area contributed by atoms with Gasteiger partial charge < -0.3 is 20.3 Å². The van der Waals surface area contributed by atoms with Crippen LogP contribution in [0.15, 0.2) is 18.2 Å². The van der Waals surface area contributed by atoms with Gasteiger partial charge in [0.25, 0.3) is 0 Å². The predicted molar refractivity (Wildman–Crippen MR) is 97.9 cm³/mol. The molecule has 0 spiro atoms. The second kappa shape index (κ2) is 7.51. The van der Waals surface area contributed by atoms with Gasteiger partial charge in [-0.25, -0.2) is 0 Å². The Morgan fingerprint density at radius 1 is 1.44 bits per heavy atom. The topological polar surface area (TPSA) is 77.4 Å². The molecule has 7 heteroatoms. The summed E-state index contributed by atoms with van der Waals surface area (Å²) >= 11 is 6.12. The van der Waals surface area contributed by atoms with Crippen LogP contribution in [0.5, 0.6) is 0 Å². The van der Waals surface area contributed by atoms with E-state index in [9.17, 15) is 10.1 Å². The van der Waals surface area contributed by atoms with Crippen molar-refractivity contribution in [3.63, 3.8) is 0 Å². The van der Waals surface area contributed by atoms with Crippen LogP contribution in [0.3, 0.4) is 0 Å². The van der Waals surface area contributed by atoms with Crippen molar-refractivity contribution in [2.24, 2.45) is 5.92 Å². The van der Waals surface area contributed by atoms with E-state index >= 15 is 0 Å². The average molecular weight is 363 g/mol. The molecule has 1 aliphatic heterocycles. The maximum Gasteiger partial charge on any atom is 0.240 e. The van der Waals surface area contributed by atoms with Crippen molar-refractivity contribution in [2.75, 3.05) is 43.1 Å². The minimum absolute atomic E-state index is 0.0989. The number of nitriles is 1. The largest absolute Gasteiger partial charge is 0.378 e. The molecule has 1 amide bonds. The van der Waals surface area contributed by atoms with Crippen molar-refractivity contribution in [1.82, 2.24) is 5.32 Å². The summed E-state index contributed by atoms with van der Waals surface area (Å²) in [6.45, 7) is 4.87. The van der Waals surface area contributed by atoms with Crippen LogP contribution in [-0.2, 0) is 9.53 Å². The van der Waals surface area contributed by atoms with E-state index in [1.807, 2.05) is 18.2 Å². The monoisotopic (exact) mass is 362 g/mol. The fourth-order valence-electron chi connectivity index (χ4n) is 3.12. The molecule has 0 radical (unpaired) electrons. The maximum atomic E-state index is 12.3. The SMILES string of the molecule is CC(C#N)(NC(=O)CNc1cc(Cl)ccc1N1CCOCC1)C1CC1. The van der Waals surface area contributed by atoms with Crippen molar-refractivity contribution in [3.8, 4) is 6.07 Å². The van der Waals surface area contributed by atoms with E-state index in [0.29, 0.717) is 18.2 Å². The molecule has 1 heterocycles. The molecule has 1 aromatic rings. The lowest BCUT2D eigenvalue weighted by atomic mass is 9.98. The summed E-state index contributed by atoms with van der Waals surface area (Å²) in [7, 11) is 0. The zero-order valence-electron chi connectivity index (χ0n) is 14.3. The average Bonchev–Trinajstić information content (AvgIpc) is 3.46. The first-order valence-corrected chi connectivity index (χ1v) is 8.98. The molecule has 25 heavy (non-hydrogen) atoms. The summed E-state index contributed by atoms with van der Waals surface area (Å²) in [6, 6.07) is 7.86. The zero-order chi connectivity index (χ0) is 17.9. The predicted octanol–water partition coefficient (Wildman–Crippen LogP) is 2.40. The van der Waals surface area contributed by atoms with Crippen LogP contribution >= 0.6 is 11.6 Å². The fraction of sp³-hybridized carbons (Fsp3) is 0.556. The first-order chi connectivity index (χ1) is 12.0. The van der Waals surface area contributed by atoms with Gasteiger partial charge in [-0.2, -0.15) is 5.26 Å². The van der Waals surface area contributed by atoms with Gasteiger partial charge in [0.2, 0.25) is 5.91 Å². The number of morpholine rings is 1. The normalized spacial score (nSPS) is 19.6. The van der Waals surface area contributed by atoms with Crippen LogP contribution in [0, 0.1) is 17.2 Å². The molecular weight excluding hydrogens is 340 g/mol. The first kappa shape index (κ1) is 17.8. The number of benzene rings is 1. The molecular formula is C18H23ClN4O2. The standard InChI is InChI=1S/C18H23ClN4O2/c1-18(12-20,13-2-3-13)22-17(24)11-21-15-10-14(19)4-5-16(15)23-6-8-25-9-7-23/h4-5,10,13,21H,2-3,6-9,11H2,1H3,(H,22,24). The van der Waals surface area contributed by atoms with Crippen molar-refractivity contribution in [3.05, 3.63) is 23.2 Å². The molecule has 1 saturated carbocycles. The van der Waals surface area contributed by atoms with Gasteiger partial charge in [-0.05, 0) is 43.9 Å². The van der Waals surface area contributed by atoms with Gasteiger partial charge in [-0.15, -0.1) is 0 Å². The van der Waals surface area contributed by atoms with E-state index in [0.717, 1.165) is 37.3 Å². The maximum absolute atomic E-state index is 12.3. The summed E-state index contributed by atoms with van der Waals surface area (Å²) in [6.07, 6.45) is 1.99. The van der Waals surface area contributed by atoms with Crippen molar-refractivity contribution in [1.29, 1.82) is 5.26 Å². The Morgan fingerprint density at radius 2 is 2.16 bits per heavy atom. The summed E-state index contributed by atoms with van der Waals surface area (Å²) in [4.78, 5) is 14.5. The number of anilines is 2. The number of nitrogens with one attached hydrogen (secondary N) is 2. The third-order valence-corrected chi connectivity index (χ3v) is 5.01. The van der Waals surface area contributed by atoms with Crippen LogP contribution in [0.25, 0.3) is 0 Å². The van der Waals surface area contributed by atoms with Crippen LogP contribution in [0.4, 0.5) is 11.4 Å². The van der Waals surface area contributed by atoms with Crippen molar-refractivity contribution in [2.45, 2.75) is 25.3 Å². The smallest absolute Gasteiger partial charge is 0.240 e. The lowest BCUT2D eigenvalue weighted by Crippen LogP contribution is -2.48. The molecule has 6 nitrogen and oxygen atoms in total. The summed E-state index contributed by atoms with van der Waals surface area (Å²) in [5.74, 6) is 0.0698. The minimum Gasteiger partial charge on any atom is -0.378 e. The van der Waals surface area contributed by atoms with Crippen LogP contribution in [-0.4, -0.2) is 44.3 Å². The Balaban J connectivity index is 1.65. The van der Waals surface area contributed by atoms with Gasteiger partial charge >= 0.3 is 0 Å². The highest BCUT2D eigenvalue weighted by Gasteiger charge is 2.42. The van der Waals surface area contributed by atoms with Gasteiger partial charge in [-0.1, -0.05) is 11.6 Å². The molecule has 2 aliphatic rings. The molecule has 1 aliphatic carbocycles. The highest BCUT2D eigenvalue weighted by Crippen LogP contribution is 2.39. The number of hydrogen-bond acceptors (Lipinski definition) is 5. The molecule has 1 unspecified atom stereocenters. The molecule has 1 saturated heterocycles. The summed E-state index contributed by atoms with van der Waals surface area (Å²) in [5.41, 5.74) is 1.04. The number of amides is 1. The third kappa shape index (κ3) is 4.36. The summed E-state index contributed by atoms with van der Waals surface area (Å²) in [5, 5.41) is 16.0. The lowest BCUT2D eigenvalue weighted by molar-refractivity contribution is -0.120. The van der Waals surface area contributed by atoms with E-state index in [1.165, 1.54) is 0 Å². The van der Waals surface area contributed by atoms with Crippen LogP contribution in [0.1, 0.15) is 19.8 Å². The first-order valence-electron chi connectivity index (χ1n) is 8.60. The number of rotatable bonds is 6. The molecule has 134 valence electrons. The molecule has 1 aromatic carbocycles. The van der Waals surface area contributed by atoms with E-state index in [2.05, 4.69) is 21.6 Å². The quantitative estimate of drug-likeness (QED) is 0.812. The molecule has 2 fully saturated rings. The molecule has 2 N–H and O–H groups in total. The van der Waals surface area contributed by atoms with Crippen LogP contribution in [0.2, 0.25) is 5.02 Å². The van der Waals surface area contributed by atoms with Crippen LogP contribution < -0.4 is 15.5 Å². The molecule has 0 bridgehead atoms. The van der Waals surface area contributed by atoms with Crippen molar-refractivity contribution >= 4 is 28.9 Å². The number of ether oxygens (including phenoxy) is 1. The van der Waals surface area contributed by atoms with E-state index in [1.54, 1.807) is 6.92 Å². The third-order valence-electron chi connectivity index (χ3n) is 4.77. The van der Waals surface area contributed by atoms with Crippen molar-refractivity contribution < 1.29 is 9.53 Å². The number of halogens is 1. The zero-order valence-corrected chi connectivity index (χ0v) is 15.1. The second-order valence-corrected chi connectivity index (χ2v) is 7.19. The van der Waals surface area contributed by atoms with E-state index in [-0.39, 0.29) is 18.4 Å². The number of carbonyl (C=O) groups excluding carboxylic acids is 1. The Kier molecular flexibility index (Phi) is 5.36. The number of carbonyl (C=O) groups is 1. The van der Waals surface area contributed by atoms with Gasteiger partial charge in [0, 0.05) is 18.1 Å². The Hall–Kier alpha value is -1.97. The second-order valence-electron chi connectivity index (χ2n) is 6.75. The van der Waals surface area contributed by atoms with Gasteiger partial charge in [-0.3, -0.25) is 4.79 Å². The highest BCUT2D eigenvalue weighted by molar-refractivity contribution is 6.31. The lowest BCUT2D eigenvalue weighted by Gasteiger charge is -2.31. The van der Waals surface area contributed by atoms with E-state index in [4.69, 9.17) is 16.3 Å². The number of hydrogen-bond donors (Lipinski definition) is 2. The van der Waals surface area contributed by atoms with Gasteiger partial charge in [0.05, 0.1) is 37.2 Å². The highest BCUT2D eigenvalue weighted by atomic mass is 35.5. The Bertz CT molecular complexity index is 680. The fourth-order valence-corrected chi connectivity index (χ4v) is 3.29. The molecule has 3 rings (SSSR count). The minimum atomic E-state index is -0.778. The Labute approximate surface area is 153 Å². The van der Waals surface area contributed by atoms with Gasteiger partial charge in [0.1, 0.15) is 5.54 Å². The molecule has 1 atom stereocenters. The summed E-state index contributed by atoms with van der Waals surface area (Å²) < 4.78 is 5.40. The van der Waals surface area contributed by atoms with Gasteiger partial charge in [0.15, 0.2) is 0 Å².